The lowest BCUT2D eigenvalue weighted by molar-refractivity contribution is 0.0141. The van der Waals surface area contributed by atoms with Crippen molar-refractivity contribution in [2.75, 3.05) is 6.54 Å². The molecule has 34 heavy (non-hydrogen) atoms. The third-order valence-electron chi connectivity index (χ3n) is 6.63. The number of ether oxygens (including phenoxy) is 1. The highest BCUT2D eigenvalue weighted by Crippen LogP contribution is 2.39. The zero-order valence-corrected chi connectivity index (χ0v) is 22.4. The third kappa shape index (κ3) is 5.87. The van der Waals surface area contributed by atoms with Crippen molar-refractivity contribution in [3.05, 3.63) is 42.2 Å². The first-order valence-corrected chi connectivity index (χ1v) is 14.5. The summed E-state index contributed by atoms with van der Waals surface area (Å²) >= 11 is 0. The first-order chi connectivity index (χ1) is 15.6. The van der Waals surface area contributed by atoms with Gasteiger partial charge in [-0.1, -0.05) is 32.9 Å². The van der Waals surface area contributed by atoms with Gasteiger partial charge in [-0.3, -0.25) is 4.90 Å². The van der Waals surface area contributed by atoms with Gasteiger partial charge in [-0.05, 0) is 57.0 Å². The molecule has 188 valence electrons. The number of nitrogens with zero attached hydrogens (tertiary/aromatic N) is 2. The smallest absolute Gasteiger partial charge is 0.410 e. The van der Waals surface area contributed by atoms with Crippen LogP contribution in [0, 0.1) is 5.82 Å². The van der Waals surface area contributed by atoms with E-state index in [0.717, 1.165) is 0 Å². The Labute approximate surface area is 202 Å². The number of carbonyl (C=O) groups is 1. The molecule has 3 atom stereocenters. The lowest BCUT2D eigenvalue weighted by Crippen LogP contribution is -2.47. The van der Waals surface area contributed by atoms with Crippen molar-refractivity contribution >= 4 is 14.4 Å². The Balaban J connectivity index is 1.87. The van der Waals surface area contributed by atoms with Crippen molar-refractivity contribution in [2.45, 2.75) is 89.9 Å². The summed E-state index contributed by atoms with van der Waals surface area (Å²) < 4.78 is 32.4. The van der Waals surface area contributed by atoms with E-state index >= 15 is 4.39 Å². The van der Waals surface area contributed by atoms with Crippen LogP contribution in [0.15, 0.2) is 35.2 Å². The molecule has 0 spiro atoms. The first-order valence-electron chi connectivity index (χ1n) is 11.6. The molecule has 0 aliphatic carbocycles. The molecular formula is C25H37FN2O5Si. The number of aliphatic hydroxyl groups is 1. The fourth-order valence-corrected chi connectivity index (χ4v) is 5.07. The molecule has 1 amide bonds. The van der Waals surface area contributed by atoms with Gasteiger partial charge in [0.05, 0.1) is 24.9 Å². The molecule has 7 nitrogen and oxygen atoms in total. The minimum atomic E-state index is -2.22. The third-order valence-corrected chi connectivity index (χ3v) is 11.1. The average molecular weight is 493 g/mol. The molecule has 1 fully saturated rings. The van der Waals surface area contributed by atoms with Crippen molar-refractivity contribution in [2.24, 2.45) is 0 Å². The van der Waals surface area contributed by atoms with Crippen molar-refractivity contribution in [3.8, 4) is 11.3 Å². The molecule has 3 rings (SSSR count). The van der Waals surface area contributed by atoms with E-state index in [1.165, 1.54) is 23.6 Å². The van der Waals surface area contributed by atoms with Crippen LogP contribution in [0.4, 0.5) is 9.18 Å². The fourth-order valence-electron chi connectivity index (χ4n) is 3.74. The number of hydrogen-bond donors (Lipinski definition) is 1. The van der Waals surface area contributed by atoms with Gasteiger partial charge in [-0.15, -0.1) is 0 Å². The predicted octanol–water partition coefficient (Wildman–Crippen LogP) is 5.39. The highest BCUT2D eigenvalue weighted by atomic mass is 28.4. The van der Waals surface area contributed by atoms with E-state index in [1.807, 2.05) is 0 Å². The maximum atomic E-state index is 15.0. The highest BCUT2D eigenvalue weighted by Gasteiger charge is 2.49. The molecular weight excluding hydrogens is 455 g/mol. The predicted molar refractivity (Wildman–Crippen MR) is 130 cm³/mol. The van der Waals surface area contributed by atoms with Gasteiger partial charge in [0.25, 0.3) is 0 Å². The van der Waals surface area contributed by atoms with Crippen LogP contribution in [-0.2, 0) is 15.6 Å². The molecule has 0 bridgehead atoms. The summed E-state index contributed by atoms with van der Waals surface area (Å²) in [6.45, 7) is 16.1. The minimum absolute atomic E-state index is 0.0653. The molecule has 9 heteroatoms. The molecule has 1 N–H and O–H groups in total. The van der Waals surface area contributed by atoms with Gasteiger partial charge < -0.3 is 18.7 Å². The van der Waals surface area contributed by atoms with Gasteiger partial charge in [0, 0.05) is 5.56 Å². The number of aliphatic hydroxyl groups excluding tert-OH is 1. The quantitative estimate of drug-likeness (QED) is 0.563. The van der Waals surface area contributed by atoms with Gasteiger partial charge in [-0.2, -0.15) is 0 Å². The second-order valence-electron chi connectivity index (χ2n) is 11.5. The SMILES string of the molecule is CC(C)(C)OC(=O)N1C[C@H](O[Si](C)(C)C(C)(C)C)[C@@H](O)[C@H]1Cc1ccc(-c2cnco2)cc1F. The van der Waals surface area contributed by atoms with Crippen molar-refractivity contribution in [1.82, 2.24) is 9.88 Å². The zero-order valence-electron chi connectivity index (χ0n) is 21.4. The molecule has 0 saturated carbocycles. The summed E-state index contributed by atoms with van der Waals surface area (Å²) in [6, 6.07) is 4.07. The number of amides is 1. The number of likely N-dealkylation sites (tertiary alicyclic amines) is 1. The number of benzene rings is 1. The Morgan fingerprint density at radius 2 is 1.94 bits per heavy atom. The molecule has 1 aromatic heterocycles. The number of hydrogen-bond acceptors (Lipinski definition) is 6. The van der Waals surface area contributed by atoms with Gasteiger partial charge in [0.2, 0.25) is 0 Å². The van der Waals surface area contributed by atoms with E-state index in [-0.39, 0.29) is 18.0 Å². The van der Waals surface area contributed by atoms with E-state index in [1.54, 1.807) is 32.9 Å². The molecule has 1 aromatic carbocycles. The molecule has 1 aliphatic heterocycles. The Morgan fingerprint density at radius 3 is 2.47 bits per heavy atom. The van der Waals surface area contributed by atoms with Crippen LogP contribution in [0.3, 0.4) is 0 Å². The molecule has 1 aliphatic rings. The van der Waals surface area contributed by atoms with Crippen LogP contribution in [0.5, 0.6) is 0 Å². The van der Waals surface area contributed by atoms with Crippen LogP contribution in [-0.4, -0.2) is 59.8 Å². The van der Waals surface area contributed by atoms with Gasteiger partial charge in [-0.25, -0.2) is 14.2 Å². The fraction of sp³-hybridized carbons (Fsp3) is 0.600. The number of carbonyl (C=O) groups excluding carboxylic acids is 1. The Kier molecular flexibility index (Phi) is 7.31. The van der Waals surface area contributed by atoms with Crippen LogP contribution in [0.25, 0.3) is 11.3 Å². The topological polar surface area (TPSA) is 85.0 Å². The summed E-state index contributed by atoms with van der Waals surface area (Å²) in [5, 5.41) is 11.2. The number of oxazole rings is 1. The largest absolute Gasteiger partial charge is 0.444 e. The van der Waals surface area contributed by atoms with Gasteiger partial charge >= 0.3 is 6.09 Å². The molecule has 0 radical (unpaired) electrons. The van der Waals surface area contributed by atoms with Crippen molar-refractivity contribution < 1.29 is 27.9 Å². The van der Waals surface area contributed by atoms with E-state index < -0.39 is 44.1 Å². The summed E-state index contributed by atoms with van der Waals surface area (Å²) in [4.78, 5) is 18.4. The Morgan fingerprint density at radius 1 is 1.26 bits per heavy atom. The summed E-state index contributed by atoms with van der Waals surface area (Å²) in [5.74, 6) is 0.0172. The average Bonchev–Trinajstić information content (AvgIpc) is 3.31. The first kappa shape index (κ1) is 26.4. The lowest BCUT2D eigenvalue weighted by Gasteiger charge is -2.39. The monoisotopic (exact) mass is 492 g/mol. The van der Waals surface area contributed by atoms with Crippen molar-refractivity contribution in [1.29, 1.82) is 0 Å². The second-order valence-corrected chi connectivity index (χ2v) is 16.2. The molecule has 0 unspecified atom stereocenters. The maximum Gasteiger partial charge on any atom is 0.410 e. The van der Waals surface area contributed by atoms with E-state index in [9.17, 15) is 9.90 Å². The normalized spacial score (nSPS) is 21.7. The number of aromatic nitrogens is 1. The van der Waals surface area contributed by atoms with Crippen LogP contribution < -0.4 is 0 Å². The summed E-state index contributed by atoms with van der Waals surface area (Å²) in [5.41, 5.74) is 0.247. The standard InChI is InChI=1S/C25H37FN2O5Si/c1-24(2,3)32-23(30)28-14-21(33-34(7,8)25(4,5)6)22(29)19(28)12-16-9-10-17(11-18(16)26)20-13-27-15-31-20/h9-11,13,15,19,21-22,29H,12,14H2,1-8H3/t19-,21+,22+/m1/s1. The lowest BCUT2D eigenvalue weighted by atomic mass is 9.99. The summed E-state index contributed by atoms with van der Waals surface area (Å²) in [7, 11) is -2.22. The molecule has 2 aromatic rings. The van der Waals surface area contributed by atoms with E-state index in [2.05, 4.69) is 38.8 Å². The Hall–Kier alpha value is -2.23. The van der Waals surface area contributed by atoms with E-state index in [4.69, 9.17) is 13.6 Å². The van der Waals surface area contributed by atoms with Gasteiger partial charge in [0.15, 0.2) is 20.5 Å². The molecule has 2 heterocycles. The number of rotatable bonds is 5. The molecule has 1 saturated heterocycles. The maximum absolute atomic E-state index is 15.0. The van der Waals surface area contributed by atoms with Crippen molar-refractivity contribution in [3.63, 3.8) is 0 Å². The van der Waals surface area contributed by atoms with Crippen LogP contribution in [0.2, 0.25) is 18.1 Å². The van der Waals surface area contributed by atoms with Crippen LogP contribution in [0.1, 0.15) is 47.1 Å². The minimum Gasteiger partial charge on any atom is -0.444 e. The Bertz CT molecular complexity index is 998. The second kappa shape index (κ2) is 9.43. The van der Waals surface area contributed by atoms with Gasteiger partial charge in [0.1, 0.15) is 17.5 Å². The van der Waals surface area contributed by atoms with E-state index in [0.29, 0.717) is 16.9 Å². The summed E-state index contributed by atoms with van der Waals surface area (Å²) in [6.07, 6.45) is 0.834. The number of halogens is 1. The highest BCUT2D eigenvalue weighted by molar-refractivity contribution is 6.74. The zero-order chi connectivity index (χ0) is 25.5. The van der Waals surface area contributed by atoms with Crippen LogP contribution >= 0.6 is 0 Å².